The molecule has 26 heavy (non-hydrogen) atoms. The summed E-state index contributed by atoms with van der Waals surface area (Å²) in [5, 5.41) is 2.29. The summed E-state index contributed by atoms with van der Waals surface area (Å²) in [6.45, 7) is 0.659. The average molecular weight is 366 g/mol. The van der Waals surface area contributed by atoms with Gasteiger partial charge in [-0.25, -0.2) is 13.4 Å². The van der Waals surface area contributed by atoms with Gasteiger partial charge in [-0.2, -0.15) is 4.31 Å². The summed E-state index contributed by atoms with van der Waals surface area (Å²) in [5.74, 6) is 0.519. The fourth-order valence-electron chi connectivity index (χ4n) is 2.78. The van der Waals surface area contributed by atoms with E-state index in [4.69, 9.17) is 4.74 Å². The Hall–Kier alpha value is -2.70. The molecule has 132 valence electrons. The third-order valence-electron chi connectivity index (χ3n) is 4.27. The number of nitrogens with zero attached hydrogens (tertiary/aromatic N) is 2. The Morgan fingerprint density at radius 1 is 0.962 bits per heavy atom. The van der Waals surface area contributed by atoms with Crippen LogP contribution in [0.4, 0.5) is 0 Å². The molecule has 4 rings (SSSR count). The standard InChI is InChI=1S/C20H18N2O3S/c23-26(24,13-12-16-6-2-1-3-7-16)22-14-18(15-22)25-20-11-10-17-8-4-5-9-19(17)21-20/h1-13,18H,14-15H2/b13-12+. The van der Waals surface area contributed by atoms with Gasteiger partial charge in [0.05, 0.1) is 18.6 Å². The Bertz CT molecular complexity index is 1040. The van der Waals surface area contributed by atoms with Gasteiger partial charge >= 0.3 is 0 Å². The fraction of sp³-hybridized carbons (Fsp3) is 0.150. The van der Waals surface area contributed by atoms with E-state index >= 15 is 0 Å². The SMILES string of the molecule is O=S(=O)(/C=C/c1ccccc1)N1CC(Oc2ccc3ccccc3n2)C1. The largest absolute Gasteiger partial charge is 0.472 e. The van der Waals surface area contributed by atoms with E-state index in [1.54, 1.807) is 6.08 Å². The highest BCUT2D eigenvalue weighted by atomic mass is 32.2. The monoisotopic (exact) mass is 366 g/mol. The van der Waals surface area contributed by atoms with E-state index in [0.29, 0.717) is 19.0 Å². The van der Waals surface area contributed by atoms with Crippen LogP contribution in [0.3, 0.4) is 0 Å². The smallest absolute Gasteiger partial charge is 0.236 e. The van der Waals surface area contributed by atoms with Gasteiger partial charge in [-0.15, -0.1) is 0 Å². The Labute approximate surface area is 152 Å². The highest BCUT2D eigenvalue weighted by molar-refractivity contribution is 7.92. The van der Waals surface area contributed by atoms with Gasteiger partial charge in [0, 0.05) is 16.9 Å². The zero-order valence-electron chi connectivity index (χ0n) is 14.0. The summed E-state index contributed by atoms with van der Waals surface area (Å²) >= 11 is 0. The molecule has 1 aromatic heterocycles. The van der Waals surface area contributed by atoms with Crippen LogP contribution in [0.2, 0.25) is 0 Å². The van der Waals surface area contributed by atoms with E-state index < -0.39 is 10.0 Å². The Morgan fingerprint density at radius 2 is 1.69 bits per heavy atom. The van der Waals surface area contributed by atoms with Crippen LogP contribution >= 0.6 is 0 Å². The molecular formula is C20H18N2O3S. The molecule has 1 saturated heterocycles. The molecular weight excluding hydrogens is 348 g/mol. The Kier molecular flexibility index (Phi) is 4.44. The van der Waals surface area contributed by atoms with Gasteiger partial charge in [0.2, 0.25) is 15.9 Å². The van der Waals surface area contributed by atoms with Gasteiger partial charge < -0.3 is 4.74 Å². The molecule has 0 radical (unpaired) electrons. The topological polar surface area (TPSA) is 59.5 Å². The van der Waals surface area contributed by atoms with Crippen molar-refractivity contribution in [3.63, 3.8) is 0 Å². The molecule has 0 saturated carbocycles. The highest BCUT2D eigenvalue weighted by Crippen LogP contribution is 2.22. The number of pyridine rings is 1. The number of hydrogen-bond donors (Lipinski definition) is 0. The summed E-state index contributed by atoms with van der Waals surface area (Å²) in [6, 6.07) is 20.9. The van der Waals surface area contributed by atoms with Crippen LogP contribution in [0, 0.1) is 0 Å². The number of benzene rings is 2. The maximum Gasteiger partial charge on any atom is 0.236 e. The van der Waals surface area contributed by atoms with Gasteiger partial charge in [0.25, 0.3) is 0 Å². The summed E-state index contributed by atoms with van der Waals surface area (Å²) in [5.41, 5.74) is 1.71. The number of ether oxygens (including phenoxy) is 1. The summed E-state index contributed by atoms with van der Waals surface area (Å²) in [7, 11) is -3.43. The molecule has 1 fully saturated rings. The highest BCUT2D eigenvalue weighted by Gasteiger charge is 2.36. The number of rotatable bonds is 5. The average Bonchev–Trinajstić information content (AvgIpc) is 2.63. The van der Waals surface area contributed by atoms with Crippen LogP contribution in [0.5, 0.6) is 5.88 Å². The van der Waals surface area contributed by atoms with E-state index in [1.807, 2.05) is 66.7 Å². The summed E-state index contributed by atoms with van der Waals surface area (Å²) < 4.78 is 31.9. The molecule has 0 amide bonds. The van der Waals surface area contributed by atoms with Crippen molar-refractivity contribution in [1.82, 2.24) is 9.29 Å². The van der Waals surface area contributed by atoms with Crippen molar-refractivity contribution in [1.29, 1.82) is 0 Å². The summed E-state index contributed by atoms with van der Waals surface area (Å²) in [6.07, 6.45) is 1.43. The van der Waals surface area contributed by atoms with Crippen molar-refractivity contribution in [3.05, 3.63) is 77.7 Å². The first-order valence-electron chi connectivity index (χ1n) is 8.36. The molecule has 6 heteroatoms. The molecule has 0 spiro atoms. The molecule has 0 atom stereocenters. The Balaban J connectivity index is 1.37. The van der Waals surface area contributed by atoms with Crippen LogP contribution in [-0.4, -0.2) is 36.9 Å². The first-order chi connectivity index (χ1) is 12.6. The predicted molar refractivity (Wildman–Crippen MR) is 102 cm³/mol. The molecule has 2 aromatic carbocycles. The van der Waals surface area contributed by atoms with Gasteiger partial charge in [-0.3, -0.25) is 0 Å². The quantitative estimate of drug-likeness (QED) is 0.695. The molecule has 0 bridgehead atoms. The van der Waals surface area contributed by atoms with Crippen LogP contribution in [0.1, 0.15) is 5.56 Å². The van der Waals surface area contributed by atoms with E-state index in [0.717, 1.165) is 16.5 Å². The molecule has 0 unspecified atom stereocenters. The van der Waals surface area contributed by atoms with Crippen LogP contribution in [-0.2, 0) is 10.0 Å². The molecule has 0 N–H and O–H groups in total. The second-order valence-electron chi connectivity index (χ2n) is 6.16. The molecule has 1 aliphatic rings. The minimum Gasteiger partial charge on any atom is -0.472 e. The number of para-hydroxylation sites is 1. The van der Waals surface area contributed by atoms with Crippen LogP contribution in [0.25, 0.3) is 17.0 Å². The minimum atomic E-state index is -3.43. The maximum atomic E-state index is 12.3. The second kappa shape index (κ2) is 6.90. The van der Waals surface area contributed by atoms with Crippen LogP contribution < -0.4 is 4.74 Å². The van der Waals surface area contributed by atoms with Crippen molar-refractivity contribution in [2.24, 2.45) is 0 Å². The second-order valence-corrected chi connectivity index (χ2v) is 7.98. The van der Waals surface area contributed by atoms with E-state index in [-0.39, 0.29) is 6.10 Å². The lowest BCUT2D eigenvalue weighted by Crippen LogP contribution is -2.55. The lowest BCUT2D eigenvalue weighted by Gasteiger charge is -2.36. The van der Waals surface area contributed by atoms with E-state index in [9.17, 15) is 8.42 Å². The number of sulfonamides is 1. The van der Waals surface area contributed by atoms with Gasteiger partial charge in [-0.1, -0.05) is 48.5 Å². The van der Waals surface area contributed by atoms with E-state index in [2.05, 4.69) is 4.98 Å². The fourth-order valence-corrected chi connectivity index (χ4v) is 4.03. The van der Waals surface area contributed by atoms with E-state index in [1.165, 1.54) is 9.71 Å². The van der Waals surface area contributed by atoms with Gasteiger partial charge in [-0.05, 0) is 23.8 Å². The number of fused-ring (bicyclic) bond motifs is 1. The maximum absolute atomic E-state index is 12.3. The lowest BCUT2D eigenvalue weighted by atomic mass is 10.2. The number of aromatic nitrogens is 1. The normalized spacial score (nSPS) is 16.0. The molecule has 1 aliphatic heterocycles. The molecule has 3 aromatic rings. The first-order valence-corrected chi connectivity index (χ1v) is 9.86. The third-order valence-corrected chi connectivity index (χ3v) is 5.76. The van der Waals surface area contributed by atoms with Crippen molar-refractivity contribution < 1.29 is 13.2 Å². The molecule has 0 aliphatic carbocycles. The summed E-state index contributed by atoms with van der Waals surface area (Å²) in [4.78, 5) is 4.46. The zero-order chi connectivity index (χ0) is 18.0. The van der Waals surface area contributed by atoms with Gasteiger partial charge in [0.15, 0.2) is 0 Å². The first kappa shape index (κ1) is 16.8. The number of hydrogen-bond acceptors (Lipinski definition) is 4. The minimum absolute atomic E-state index is 0.177. The van der Waals surface area contributed by atoms with Crippen molar-refractivity contribution in [3.8, 4) is 5.88 Å². The molecule has 5 nitrogen and oxygen atoms in total. The van der Waals surface area contributed by atoms with Gasteiger partial charge in [0.1, 0.15) is 6.10 Å². The van der Waals surface area contributed by atoms with Crippen molar-refractivity contribution in [2.45, 2.75) is 6.10 Å². The van der Waals surface area contributed by atoms with Crippen molar-refractivity contribution >= 4 is 27.0 Å². The Morgan fingerprint density at radius 3 is 2.50 bits per heavy atom. The van der Waals surface area contributed by atoms with Crippen molar-refractivity contribution in [2.75, 3.05) is 13.1 Å². The zero-order valence-corrected chi connectivity index (χ0v) is 14.8. The third kappa shape index (κ3) is 3.61. The predicted octanol–water partition coefficient (Wildman–Crippen LogP) is 3.30. The van der Waals surface area contributed by atoms with Crippen LogP contribution in [0.15, 0.2) is 72.1 Å². The lowest BCUT2D eigenvalue weighted by molar-refractivity contribution is 0.0733. The molecule has 2 heterocycles.